The molecule has 0 saturated carbocycles. The van der Waals surface area contributed by atoms with Gasteiger partial charge in [0.05, 0.1) is 0 Å². The summed E-state index contributed by atoms with van der Waals surface area (Å²) in [6.07, 6.45) is 4.91. The molecule has 3 heteroatoms. The van der Waals surface area contributed by atoms with Crippen molar-refractivity contribution < 1.29 is 9.63 Å². The van der Waals surface area contributed by atoms with Crippen molar-refractivity contribution >= 4 is 11.7 Å². The lowest BCUT2D eigenvalue weighted by Gasteiger charge is -2.26. The van der Waals surface area contributed by atoms with E-state index >= 15 is 0 Å². The minimum atomic E-state index is -0.257. The average Bonchev–Trinajstić information content (AvgIpc) is 2.67. The van der Waals surface area contributed by atoms with Crippen molar-refractivity contribution in [2.24, 2.45) is 0 Å². The number of rotatable bonds is 2. The summed E-state index contributed by atoms with van der Waals surface area (Å²) < 4.78 is 0.190. The maximum atomic E-state index is 11.2. The molecule has 0 saturated heterocycles. The highest BCUT2D eigenvalue weighted by molar-refractivity contribution is 5.67. The zero-order valence-corrected chi connectivity index (χ0v) is 9.64. The van der Waals surface area contributed by atoms with Crippen LogP contribution in [0.5, 0.6) is 0 Å². The van der Waals surface area contributed by atoms with Gasteiger partial charge in [0.25, 0.3) is 0 Å². The van der Waals surface area contributed by atoms with Gasteiger partial charge in [-0.15, -0.1) is 0 Å². The van der Waals surface area contributed by atoms with Crippen LogP contribution in [0.2, 0.25) is 0 Å². The summed E-state index contributed by atoms with van der Waals surface area (Å²) >= 11 is 0. The fraction of sp³-hybridized carbons (Fsp3) is 0.308. The van der Waals surface area contributed by atoms with Crippen molar-refractivity contribution in [3.05, 3.63) is 42.1 Å². The Kier molecular flexibility index (Phi) is 2.79. The molecule has 0 radical (unpaired) electrons. The van der Waals surface area contributed by atoms with Crippen LogP contribution in [0.25, 0.3) is 0 Å². The summed E-state index contributed by atoms with van der Waals surface area (Å²) in [4.78, 5) is 16.6. The van der Waals surface area contributed by atoms with Crippen LogP contribution in [-0.2, 0) is 9.63 Å². The normalized spacial score (nSPS) is 23.4. The van der Waals surface area contributed by atoms with E-state index in [-0.39, 0.29) is 10.6 Å². The van der Waals surface area contributed by atoms with E-state index in [4.69, 9.17) is 4.84 Å². The quantitative estimate of drug-likeness (QED) is 0.713. The van der Waals surface area contributed by atoms with Gasteiger partial charge < -0.3 is 0 Å². The zero-order chi connectivity index (χ0) is 11.6. The minimum absolute atomic E-state index is 0.190. The molecule has 1 aliphatic rings. The molecule has 1 heterocycles. The third kappa shape index (κ3) is 1.99. The standard InChI is InChI=1S/C13H16NO2/c1-11-5-7-13(8-6-11)14(16-12(2)15)9-3-4-10-14/h3,5-9H,4,10H2,1-2H3/q+1. The Hall–Kier alpha value is -1.61. The average molecular weight is 218 g/mol. The molecular formula is C13H16NO2+. The Bertz CT molecular complexity index is 422. The summed E-state index contributed by atoms with van der Waals surface area (Å²) in [6.45, 7) is 4.27. The second-order valence-corrected chi connectivity index (χ2v) is 4.11. The van der Waals surface area contributed by atoms with Gasteiger partial charge in [-0.1, -0.05) is 22.3 Å². The molecule has 0 bridgehead atoms. The molecule has 0 N–H and O–H groups in total. The van der Waals surface area contributed by atoms with E-state index in [1.165, 1.54) is 12.5 Å². The highest BCUT2D eigenvalue weighted by atomic mass is 16.7. The molecule has 3 nitrogen and oxygen atoms in total. The van der Waals surface area contributed by atoms with Crippen molar-refractivity contribution in [1.82, 2.24) is 4.65 Å². The molecule has 1 aliphatic heterocycles. The van der Waals surface area contributed by atoms with Crippen LogP contribution >= 0.6 is 0 Å². The van der Waals surface area contributed by atoms with Gasteiger partial charge in [0.1, 0.15) is 12.7 Å². The van der Waals surface area contributed by atoms with Gasteiger partial charge in [-0.25, -0.2) is 4.79 Å². The van der Waals surface area contributed by atoms with Gasteiger partial charge in [-0.05, 0) is 13.0 Å². The van der Waals surface area contributed by atoms with E-state index in [0.29, 0.717) is 0 Å². The van der Waals surface area contributed by atoms with E-state index in [0.717, 1.165) is 18.7 Å². The van der Waals surface area contributed by atoms with Crippen molar-refractivity contribution in [1.29, 1.82) is 0 Å². The van der Waals surface area contributed by atoms with E-state index in [2.05, 4.69) is 0 Å². The number of aryl methyl sites for hydroxylation is 1. The van der Waals surface area contributed by atoms with E-state index in [9.17, 15) is 4.79 Å². The first-order valence-corrected chi connectivity index (χ1v) is 5.45. The number of carbonyl (C=O) groups is 1. The summed E-state index contributed by atoms with van der Waals surface area (Å²) in [5, 5.41) is 0. The van der Waals surface area contributed by atoms with Gasteiger partial charge in [0, 0.05) is 25.5 Å². The van der Waals surface area contributed by atoms with E-state index in [1.54, 1.807) is 0 Å². The number of benzene rings is 1. The smallest absolute Gasteiger partial charge is 0.267 e. The highest BCUT2D eigenvalue weighted by Crippen LogP contribution is 2.29. The first-order valence-electron chi connectivity index (χ1n) is 5.45. The fourth-order valence-corrected chi connectivity index (χ4v) is 1.96. The maximum Gasteiger partial charge on any atom is 0.364 e. The number of hydrogen-bond acceptors (Lipinski definition) is 2. The van der Waals surface area contributed by atoms with E-state index in [1.807, 2.05) is 43.5 Å². The molecule has 0 spiro atoms. The van der Waals surface area contributed by atoms with Crippen molar-refractivity contribution in [3.63, 3.8) is 0 Å². The van der Waals surface area contributed by atoms with Crippen LogP contribution < -0.4 is 4.65 Å². The second-order valence-electron chi connectivity index (χ2n) is 4.11. The van der Waals surface area contributed by atoms with Crippen molar-refractivity contribution in [3.8, 4) is 0 Å². The van der Waals surface area contributed by atoms with Crippen LogP contribution in [-0.4, -0.2) is 12.5 Å². The molecule has 2 rings (SSSR count). The summed E-state index contributed by atoms with van der Waals surface area (Å²) in [5.41, 5.74) is 2.20. The predicted octanol–water partition coefficient (Wildman–Crippen LogP) is 2.70. The number of nitrogens with zero attached hydrogens (tertiary/aromatic N) is 1. The van der Waals surface area contributed by atoms with E-state index < -0.39 is 0 Å². The van der Waals surface area contributed by atoms with Gasteiger partial charge >= 0.3 is 5.97 Å². The predicted molar refractivity (Wildman–Crippen MR) is 63.4 cm³/mol. The van der Waals surface area contributed by atoms with Crippen molar-refractivity contribution in [2.45, 2.75) is 20.3 Å². The molecule has 0 aliphatic carbocycles. The van der Waals surface area contributed by atoms with Gasteiger partial charge in [-0.2, -0.15) is 0 Å². The molecule has 0 aromatic heterocycles. The zero-order valence-electron chi connectivity index (χ0n) is 9.64. The molecule has 0 fully saturated rings. The fourth-order valence-electron chi connectivity index (χ4n) is 1.96. The van der Waals surface area contributed by atoms with Crippen molar-refractivity contribution in [2.75, 3.05) is 6.54 Å². The number of carbonyl (C=O) groups excluding carboxylic acids is 1. The lowest BCUT2D eigenvalue weighted by atomic mass is 10.2. The van der Waals surface area contributed by atoms with Crippen LogP contribution in [0.1, 0.15) is 18.9 Å². The first kappa shape index (κ1) is 10.9. The number of hydroxylamine groups is 2. The topological polar surface area (TPSA) is 26.3 Å². The lowest BCUT2D eigenvalue weighted by molar-refractivity contribution is -0.170. The lowest BCUT2D eigenvalue weighted by Crippen LogP contribution is -2.43. The molecule has 1 aromatic rings. The largest absolute Gasteiger partial charge is 0.364 e. The molecule has 84 valence electrons. The third-order valence-corrected chi connectivity index (χ3v) is 2.74. The maximum absolute atomic E-state index is 11.2. The van der Waals surface area contributed by atoms with Crippen LogP contribution in [0.3, 0.4) is 0 Å². The molecule has 1 atom stereocenters. The Morgan fingerprint density at radius 3 is 2.50 bits per heavy atom. The van der Waals surface area contributed by atoms with Gasteiger partial charge in [0.15, 0.2) is 5.69 Å². The monoisotopic (exact) mass is 218 g/mol. The molecule has 0 amide bonds. The Labute approximate surface area is 95.5 Å². The Morgan fingerprint density at radius 2 is 2.00 bits per heavy atom. The second kappa shape index (κ2) is 4.10. The van der Waals surface area contributed by atoms with Crippen LogP contribution in [0.15, 0.2) is 36.5 Å². The first-order chi connectivity index (χ1) is 7.62. The minimum Gasteiger partial charge on any atom is -0.267 e. The van der Waals surface area contributed by atoms with Crippen LogP contribution in [0, 0.1) is 6.92 Å². The van der Waals surface area contributed by atoms with Gasteiger partial charge in [-0.3, -0.25) is 4.84 Å². The molecule has 1 unspecified atom stereocenters. The SMILES string of the molecule is CC(=O)O[N+]1(c2ccc(C)cc2)C=CCC1. The highest BCUT2D eigenvalue weighted by Gasteiger charge is 2.35. The number of quaternary nitrogens is 1. The Morgan fingerprint density at radius 1 is 1.31 bits per heavy atom. The summed E-state index contributed by atoms with van der Waals surface area (Å²) in [5.74, 6) is -0.257. The Balaban J connectivity index is 2.36. The summed E-state index contributed by atoms with van der Waals surface area (Å²) in [6, 6.07) is 8.08. The molecule has 1 aromatic carbocycles. The molecular weight excluding hydrogens is 202 g/mol. The van der Waals surface area contributed by atoms with Crippen LogP contribution in [0.4, 0.5) is 5.69 Å². The van der Waals surface area contributed by atoms with Gasteiger partial charge in [0.2, 0.25) is 0 Å². The third-order valence-electron chi connectivity index (χ3n) is 2.74. The molecule has 16 heavy (non-hydrogen) atoms. The number of hydrogen-bond donors (Lipinski definition) is 0. The summed E-state index contributed by atoms with van der Waals surface area (Å²) in [7, 11) is 0.